The van der Waals surface area contributed by atoms with Gasteiger partial charge in [-0.3, -0.25) is 19.3 Å². The molecule has 3 amide bonds. The molecule has 0 saturated carbocycles. The molecule has 3 N–H and O–H groups in total. The quantitative estimate of drug-likeness (QED) is 0.312. The van der Waals surface area contributed by atoms with Crippen LogP contribution in [0.25, 0.3) is 0 Å². The molecule has 34 heavy (non-hydrogen) atoms. The van der Waals surface area contributed by atoms with E-state index in [0.29, 0.717) is 53.9 Å². The number of carbonyl (C=O) groups is 3. The second-order valence-corrected chi connectivity index (χ2v) is 7.71. The number of pyridine rings is 1. The molecule has 0 aliphatic carbocycles. The minimum absolute atomic E-state index is 0.144. The smallest absolute Gasteiger partial charge is 0.261 e. The normalized spacial score (nSPS) is 12.4. The first-order chi connectivity index (χ1) is 16.5. The number of hydrogen-bond donors (Lipinski definition) is 3. The molecule has 1 aliphatic rings. The molecule has 10 heteroatoms. The summed E-state index contributed by atoms with van der Waals surface area (Å²) in [5.41, 5.74) is 0.836. The van der Waals surface area contributed by atoms with Gasteiger partial charge >= 0.3 is 0 Å². The number of fused-ring (bicyclic) bond motifs is 1. The second kappa shape index (κ2) is 10.5. The molecular formula is C24H25N7O3. The average molecular weight is 460 g/mol. The van der Waals surface area contributed by atoms with Gasteiger partial charge in [0.05, 0.1) is 11.1 Å². The number of imide groups is 1. The Morgan fingerprint density at radius 1 is 0.912 bits per heavy atom. The number of hydrogen-bond acceptors (Lipinski definition) is 8. The number of aromatic nitrogens is 3. The van der Waals surface area contributed by atoms with Crippen molar-refractivity contribution in [3.05, 3.63) is 71.7 Å². The monoisotopic (exact) mass is 459 g/mol. The summed E-state index contributed by atoms with van der Waals surface area (Å²) >= 11 is 0. The third-order valence-electron chi connectivity index (χ3n) is 5.18. The van der Waals surface area contributed by atoms with E-state index in [1.165, 1.54) is 4.90 Å². The molecule has 3 heterocycles. The van der Waals surface area contributed by atoms with Gasteiger partial charge in [0.2, 0.25) is 5.91 Å². The van der Waals surface area contributed by atoms with Gasteiger partial charge in [-0.05, 0) is 37.6 Å². The summed E-state index contributed by atoms with van der Waals surface area (Å²) < 4.78 is 0. The maximum atomic E-state index is 12.4. The lowest BCUT2D eigenvalue weighted by Gasteiger charge is -2.13. The second-order valence-electron chi connectivity index (χ2n) is 7.71. The number of rotatable bonds is 10. The number of benzene rings is 1. The average Bonchev–Trinajstić information content (AvgIpc) is 3.07. The van der Waals surface area contributed by atoms with E-state index in [0.717, 1.165) is 0 Å². The van der Waals surface area contributed by atoms with Gasteiger partial charge in [0.15, 0.2) is 0 Å². The van der Waals surface area contributed by atoms with Crippen LogP contribution < -0.4 is 16.0 Å². The number of nitrogens with zero attached hydrogens (tertiary/aromatic N) is 4. The highest BCUT2D eigenvalue weighted by Gasteiger charge is 2.34. The maximum Gasteiger partial charge on any atom is 0.261 e. The van der Waals surface area contributed by atoms with E-state index in [9.17, 15) is 14.4 Å². The summed E-state index contributed by atoms with van der Waals surface area (Å²) in [6.45, 7) is 2.89. The van der Waals surface area contributed by atoms with E-state index in [2.05, 4.69) is 30.9 Å². The summed E-state index contributed by atoms with van der Waals surface area (Å²) in [6.07, 6.45) is 2.31. The molecular weight excluding hydrogens is 434 g/mol. The third kappa shape index (κ3) is 5.52. The summed E-state index contributed by atoms with van der Waals surface area (Å²) in [5, 5.41) is 9.12. The van der Waals surface area contributed by atoms with E-state index in [-0.39, 0.29) is 30.7 Å². The van der Waals surface area contributed by atoms with Crippen molar-refractivity contribution in [2.24, 2.45) is 0 Å². The molecule has 0 atom stereocenters. The SMILES string of the molecule is Cc1nc(NCCNC(=O)CCCN2C(=O)c3ccccc3C2=O)cc(Nc2ccccn2)n1. The number of nitrogens with one attached hydrogen (secondary N) is 3. The van der Waals surface area contributed by atoms with Gasteiger partial charge in [-0.15, -0.1) is 0 Å². The van der Waals surface area contributed by atoms with E-state index in [4.69, 9.17) is 0 Å². The zero-order valence-electron chi connectivity index (χ0n) is 18.7. The van der Waals surface area contributed by atoms with Crippen LogP contribution in [0.5, 0.6) is 0 Å². The predicted octanol–water partition coefficient (Wildman–Crippen LogP) is 2.53. The lowest BCUT2D eigenvalue weighted by Crippen LogP contribution is -2.33. The number of aryl methyl sites for hydroxylation is 1. The van der Waals surface area contributed by atoms with Gasteiger partial charge in [-0.1, -0.05) is 18.2 Å². The first-order valence-electron chi connectivity index (χ1n) is 11.0. The van der Waals surface area contributed by atoms with Crippen LogP contribution in [0.3, 0.4) is 0 Å². The van der Waals surface area contributed by atoms with E-state index in [1.54, 1.807) is 43.5 Å². The Balaban J connectivity index is 1.17. The van der Waals surface area contributed by atoms with Crippen molar-refractivity contribution in [1.82, 2.24) is 25.2 Å². The van der Waals surface area contributed by atoms with Gasteiger partial charge < -0.3 is 16.0 Å². The number of carbonyl (C=O) groups excluding carboxylic acids is 3. The number of anilines is 3. The third-order valence-corrected chi connectivity index (χ3v) is 5.18. The lowest BCUT2D eigenvalue weighted by atomic mass is 10.1. The molecule has 0 fully saturated rings. The summed E-state index contributed by atoms with van der Waals surface area (Å²) in [6, 6.07) is 14.1. The number of amides is 3. The van der Waals surface area contributed by atoms with Crippen LogP contribution in [0.15, 0.2) is 54.7 Å². The first kappa shape index (κ1) is 22.8. The van der Waals surface area contributed by atoms with Gasteiger partial charge in [0.1, 0.15) is 23.3 Å². The molecule has 2 aromatic heterocycles. The van der Waals surface area contributed by atoms with Crippen LogP contribution >= 0.6 is 0 Å². The van der Waals surface area contributed by atoms with Crippen molar-refractivity contribution in [2.45, 2.75) is 19.8 Å². The van der Waals surface area contributed by atoms with Crippen LogP contribution in [0.2, 0.25) is 0 Å². The first-order valence-corrected chi connectivity index (χ1v) is 11.0. The van der Waals surface area contributed by atoms with Gasteiger partial charge in [-0.25, -0.2) is 15.0 Å². The fraction of sp³-hybridized carbons (Fsp3) is 0.250. The Hall–Kier alpha value is -4.34. The highest BCUT2D eigenvalue weighted by atomic mass is 16.2. The molecule has 174 valence electrons. The highest BCUT2D eigenvalue weighted by molar-refractivity contribution is 6.21. The zero-order valence-corrected chi connectivity index (χ0v) is 18.7. The molecule has 0 radical (unpaired) electrons. The van der Waals surface area contributed by atoms with E-state index >= 15 is 0 Å². The highest BCUT2D eigenvalue weighted by Crippen LogP contribution is 2.22. The minimum Gasteiger partial charge on any atom is -0.368 e. The van der Waals surface area contributed by atoms with Crippen molar-refractivity contribution in [3.63, 3.8) is 0 Å². The van der Waals surface area contributed by atoms with Crippen molar-refractivity contribution in [1.29, 1.82) is 0 Å². The van der Waals surface area contributed by atoms with Crippen LogP contribution in [-0.4, -0.2) is 57.2 Å². The summed E-state index contributed by atoms with van der Waals surface area (Å²) in [5.74, 6) is 1.77. The molecule has 0 unspecified atom stereocenters. The Labute approximate surface area is 196 Å². The van der Waals surface area contributed by atoms with Crippen LogP contribution in [0.4, 0.5) is 17.5 Å². The molecule has 0 spiro atoms. The summed E-state index contributed by atoms with van der Waals surface area (Å²) in [7, 11) is 0. The lowest BCUT2D eigenvalue weighted by molar-refractivity contribution is -0.121. The molecule has 1 aromatic carbocycles. The zero-order chi connectivity index (χ0) is 23.9. The van der Waals surface area contributed by atoms with Crippen molar-refractivity contribution in [3.8, 4) is 0 Å². The van der Waals surface area contributed by atoms with E-state index in [1.807, 2.05) is 18.2 Å². The fourth-order valence-corrected chi connectivity index (χ4v) is 3.61. The maximum absolute atomic E-state index is 12.4. The molecule has 10 nitrogen and oxygen atoms in total. The minimum atomic E-state index is -0.303. The molecule has 0 saturated heterocycles. The van der Waals surface area contributed by atoms with Crippen molar-refractivity contribution >= 4 is 35.2 Å². The predicted molar refractivity (Wildman–Crippen MR) is 127 cm³/mol. The van der Waals surface area contributed by atoms with Crippen LogP contribution in [0, 0.1) is 6.92 Å². The Morgan fingerprint density at radius 3 is 2.32 bits per heavy atom. The summed E-state index contributed by atoms with van der Waals surface area (Å²) in [4.78, 5) is 51.0. The molecule has 1 aliphatic heterocycles. The molecule has 4 rings (SSSR count). The molecule has 3 aromatic rings. The Kier molecular flexibility index (Phi) is 7.07. The van der Waals surface area contributed by atoms with Gasteiger partial charge in [0, 0.05) is 38.3 Å². The standard InChI is InChI=1S/C24H25N7O3/c1-16-28-20(15-21(29-16)30-19-9-4-5-11-25-19)26-12-13-27-22(32)10-6-14-31-23(33)17-7-2-3-8-18(17)24(31)34/h2-5,7-9,11,15H,6,10,12-14H2,1H3,(H,27,32)(H2,25,26,28,29,30). The van der Waals surface area contributed by atoms with Crippen molar-refractivity contribution < 1.29 is 14.4 Å². The van der Waals surface area contributed by atoms with Crippen molar-refractivity contribution in [2.75, 3.05) is 30.3 Å². The van der Waals surface area contributed by atoms with Crippen LogP contribution in [-0.2, 0) is 4.79 Å². The van der Waals surface area contributed by atoms with Crippen LogP contribution in [0.1, 0.15) is 39.4 Å². The largest absolute Gasteiger partial charge is 0.368 e. The fourth-order valence-electron chi connectivity index (χ4n) is 3.61. The Morgan fingerprint density at radius 2 is 1.62 bits per heavy atom. The van der Waals surface area contributed by atoms with Gasteiger partial charge in [-0.2, -0.15) is 0 Å². The molecule has 0 bridgehead atoms. The van der Waals surface area contributed by atoms with Gasteiger partial charge in [0.25, 0.3) is 11.8 Å². The topological polar surface area (TPSA) is 129 Å². The Bertz CT molecular complexity index is 1170. The van der Waals surface area contributed by atoms with E-state index < -0.39 is 0 Å².